The summed E-state index contributed by atoms with van der Waals surface area (Å²) in [5.41, 5.74) is 16.5. The third-order valence-corrected chi connectivity index (χ3v) is 5.82. The molecule has 0 fully saturated rings. The number of benzene rings is 2. The van der Waals surface area contributed by atoms with E-state index in [1.165, 1.54) is 0 Å². The van der Waals surface area contributed by atoms with Gasteiger partial charge in [0.2, 0.25) is 0 Å². The SMILES string of the molecule is CCC(CC)CN1c2ccccc2C(c2ccccc2)=NC(C(=O)C(C)N)C1N. The van der Waals surface area contributed by atoms with Crippen LogP contribution < -0.4 is 16.4 Å². The molecule has 1 heterocycles. The van der Waals surface area contributed by atoms with E-state index in [0.29, 0.717) is 5.92 Å². The summed E-state index contributed by atoms with van der Waals surface area (Å²) in [6.45, 7) is 6.88. The van der Waals surface area contributed by atoms with Gasteiger partial charge >= 0.3 is 0 Å². The second-order valence-electron chi connectivity index (χ2n) is 7.82. The number of aliphatic imine (C=N–C) groups is 1. The first-order valence-electron chi connectivity index (χ1n) is 10.5. The number of hydrogen-bond acceptors (Lipinski definition) is 5. The molecule has 2 aromatic rings. The number of para-hydroxylation sites is 1. The van der Waals surface area contributed by atoms with Crippen LogP contribution in [0.25, 0.3) is 0 Å². The average molecular weight is 393 g/mol. The minimum absolute atomic E-state index is 0.131. The normalized spacial score (nSPS) is 20.1. The molecule has 0 radical (unpaired) electrons. The van der Waals surface area contributed by atoms with E-state index in [1.807, 2.05) is 42.5 Å². The van der Waals surface area contributed by atoms with Gasteiger partial charge in [-0.2, -0.15) is 0 Å². The zero-order valence-corrected chi connectivity index (χ0v) is 17.6. The zero-order chi connectivity index (χ0) is 21.0. The van der Waals surface area contributed by atoms with Crippen LogP contribution in [0.3, 0.4) is 0 Å². The number of ketones is 1. The Labute approximate surface area is 173 Å². The molecule has 5 heteroatoms. The summed E-state index contributed by atoms with van der Waals surface area (Å²) in [4.78, 5) is 20.1. The number of rotatable bonds is 7. The molecule has 0 saturated heterocycles. The lowest BCUT2D eigenvalue weighted by Crippen LogP contribution is -2.56. The van der Waals surface area contributed by atoms with E-state index in [2.05, 4.69) is 30.9 Å². The Morgan fingerprint density at radius 2 is 1.69 bits per heavy atom. The largest absolute Gasteiger partial charge is 0.353 e. The van der Waals surface area contributed by atoms with Crippen molar-refractivity contribution in [2.24, 2.45) is 22.4 Å². The van der Waals surface area contributed by atoms with Gasteiger partial charge in [-0.3, -0.25) is 9.79 Å². The maximum absolute atomic E-state index is 13.0. The molecule has 3 unspecified atom stereocenters. The monoisotopic (exact) mass is 392 g/mol. The Hall–Kier alpha value is -2.50. The van der Waals surface area contributed by atoms with Crippen LogP contribution in [0.1, 0.15) is 44.7 Å². The van der Waals surface area contributed by atoms with Crippen molar-refractivity contribution in [3.05, 3.63) is 65.7 Å². The van der Waals surface area contributed by atoms with E-state index in [9.17, 15) is 4.79 Å². The van der Waals surface area contributed by atoms with Gasteiger partial charge in [-0.15, -0.1) is 0 Å². The Kier molecular flexibility index (Phi) is 6.83. The molecule has 4 N–H and O–H groups in total. The molecule has 0 amide bonds. The lowest BCUT2D eigenvalue weighted by Gasteiger charge is -2.36. The summed E-state index contributed by atoms with van der Waals surface area (Å²) >= 11 is 0. The molecule has 3 rings (SSSR count). The molecule has 1 aliphatic heterocycles. The number of anilines is 1. The van der Waals surface area contributed by atoms with Gasteiger partial charge in [-0.05, 0) is 18.9 Å². The van der Waals surface area contributed by atoms with Crippen molar-refractivity contribution >= 4 is 17.2 Å². The highest BCUT2D eigenvalue weighted by Crippen LogP contribution is 2.31. The van der Waals surface area contributed by atoms with Gasteiger partial charge in [0.05, 0.1) is 11.8 Å². The molecule has 5 nitrogen and oxygen atoms in total. The van der Waals surface area contributed by atoms with Crippen LogP contribution in [-0.4, -0.2) is 36.3 Å². The maximum Gasteiger partial charge on any atom is 0.177 e. The van der Waals surface area contributed by atoms with E-state index in [4.69, 9.17) is 16.5 Å². The van der Waals surface area contributed by atoms with Gasteiger partial charge in [0, 0.05) is 23.4 Å². The Morgan fingerprint density at radius 1 is 1.07 bits per heavy atom. The van der Waals surface area contributed by atoms with Crippen molar-refractivity contribution in [3.8, 4) is 0 Å². The molecular formula is C24H32N4O. The maximum atomic E-state index is 13.0. The lowest BCUT2D eigenvalue weighted by molar-refractivity contribution is -0.121. The first-order valence-corrected chi connectivity index (χ1v) is 10.5. The molecule has 154 valence electrons. The molecule has 1 aliphatic rings. The minimum Gasteiger partial charge on any atom is -0.353 e. The van der Waals surface area contributed by atoms with Crippen molar-refractivity contribution in [2.75, 3.05) is 11.4 Å². The zero-order valence-electron chi connectivity index (χ0n) is 17.6. The third kappa shape index (κ3) is 4.41. The van der Waals surface area contributed by atoms with Crippen molar-refractivity contribution in [1.82, 2.24) is 0 Å². The van der Waals surface area contributed by atoms with E-state index in [1.54, 1.807) is 6.92 Å². The Bertz CT molecular complexity index is 858. The smallest absolute Gasteiger partial charge is 0.177 e. The van der Waals surface area contributed by atoms with Gasteiger partial charge < -0.3 is 16.4 Å². The summed E-state index contributed by atoms with van der Waals surface area (Å²) in [5.74, 6) is 0.353. The summed E-state index contributed by atoms with van der Waals surface area (Å²) in [6, 6.07) is 16.8. The summed E-state index contributed by atoms with van der Waals surface area (Å²) in [6.07, 6.45) is 1.55. The fraction of sp³-hybridized carbons (Fsp3) is 0.417. The summed E-state index contributed by atoms with van der Waals surface area (Å²) in [5, 5.41) is 0. The molecule has 0 bridgehead atoms. The van der Waals surface area contributed by atoms with Gasteiger partial charge in [0.25, 0.3) is 0 Å². The molecular weight excluding hydrogens is 360 g/mol. The summed E-state index contributed by atoms with van der Waals surface area (Å²) < 4.78 is 0. The highest BCUT2D eigenvalue weighted by molar-refractivity contribution is 6.17. The minimum atomic E-state index is -0.716. The molecule has 0 saturated carbocycles. The lowest BCUT2D eigenvalue weighted by atomic mass is 9.98. The Morgan fingerprint density at radius 3 is 2.31 bits per heavy atom. The van der Waals surface area contributed by atoms with Crippen molar-refractivity contribution in [2.45, 2.75) is 51.9 Å². The fourth-order valence-corrected chi connectivity index (χ4v) is 3.91. The van der Waals surface area contributed by atoms with Crippen LogP contribution in [0.5, 0.6) is 0 Å². The summed E-state index contributed by atoms with van der Waals surface area (Å²) in [7, 11) is 0. The second kappa shape index (κ2) is 9.33. The predicted molar refractivity (Wildman–Crippen MR) is 120 cm³/mol. The highest BCUT2D eigenvalue weighted by atomic mass is 16.1. The number of nitrogens with two attached hydrogens (primary N) is 2. The number of carbonyl (C=O) groups excluding carboxylic acids is 1. The highest BCUT2D eigenvalue weighted by Gasteiger charge is 2.36. The quantitative estimate of drug-likeness (QED) is 0.757. The standard InChI is InChI=1S/C24H32N4O/c1-4-17(5-2)15-28-20-14-10-9-13-19(20)21(18-11-7-6-8-12-18)27-22(24(28)26)23(29)16(3)25/h6-14,16-17,22,24H,4-5,15,25-26H2,1-3H3. The first kappa shape index (κ1) is 21.2. The van der Waals surface area contributed by atoms with Crippen molar-refractivity contribution in [1.29, 1.82) is 0 Å². The molecule has 29 heavy (non-hydrogen) atoms. The fourth-order valence-electron chi connectivity index (χ4n) is 3.91. The van der Waals surface area contributed by atoms with Crippen LogP contribution in [0.4, 0.5) is 5.69 Å². The molecule has 0 aromatic heterocycles. The molecule has 0 aliphatic carbocycles. The average Bonchev–Trinajstić information content (AvgIpc) is 2.86. The van der Waals surface area contributed by atoms with Crippen LogP contribution in [-0.2, 0) is 4.79 Å². The van der Waals surface area contributed by atoms with E-state index < -0.39 is 18.2 Å². The number of nitrogens with zero attached hydrogens (tertiary/aromatic N) is 2. The molecule has 2 aromatic carbocycles. The van der Waals surface area contributed by atoms with E-state index >= 15 is 0 Å². The number of carbonyl (C=O) groups is 1. The number of fused-ring (bicyclic) bond motifs is 1. The van der Waals surface area contributed by atoms with Crippen LogP contribution >= 0.6 is 0 Å². The molecule has 0 spiro atoms. The number of Topliss-reactive ketones (excluding diaryl/α,β-unsaturated/α-hetero) is 1. The van der Waals surface area contributed by atoms with Crippen molar-refractivity contribution < 1.29 is 4.79 Å². The van der Waals surface area contributed by atoms with Gasteiger partial charge in [-0.1, -0.05) is 75.2 Å². The number of benzodiazepines with no additional fused rings is 1. The van der Waals surface area contributed by atoms with Gasteiger partial charge in [-0.25, -0.2) is 0 Å². The topological polar surface area (TPSA) is 84.7 Å². The van der Waals surface area contributed by atoms with Gasteiger partial charge in [0.1, 0.15) is 12.2 Å². The third-order valence-electron chi connectivity index (χ3n) is 5.82. The van der Waals surface area contributed by atoms with Gasteiger partial charge in [0.15, 0.2) is 5.78 Å². The van der Waals surface area contributed by atoms with Crippen LogP contribution in [0.15, 0.2) is 59.6 Å². The van der Waals surface area contributed by atoms with E-state index in [0.717, 1.165) is 41.9 Å². The van der Waals surface area contributed by atoms with E-state index in [-0.39, 0.29) is 5.78 Å². The predicted octanol–water partition coefficient (Wildman–Crippen LogP) is 3.35. The first-order chi connectivity index (χ1) is 14.0. The second-order valence-corrected chi connectivity index (χ2v) is 7.82. The van der Waals surface area contributed by atoms with Crippen molar-refractivity contribution in [3.63, 3.8) is 0 Å². The molecule has 3 atom stereocenters. The Balaban J connectivity index is 2.19. The van der Waals surface area contributed by atoms with Crippen LogP contribution in [0, 0.1) is 5.92 Å². The van der Waals surface area contributed by atoms with Crippen LogP contribution in [0.2, 0.25) is 0 Å². The number of hydrogen-bond donors (Lipinski definition) is 2.